The van der Waals surface area contributed by atoms with Gasteiger partial charge in [-0.1, -0.05) is 60.7 Å². The first-order valence-electron chi connectivity index (χ1n) is 7.43. The Morgan fingerprint density at radius 3 is 2.33 bits per heavy atom. The minimum Gasteiger partial charge on any atom is -0.315 e. The average molecular weight is 356 g/mol. The third-order valence-electron chi connectivity index (χ3n) is 3.54. The van der Waals surface area contributed by atoms with E-state index in [9.17, 15) is 9.00 Å². The Kier molecular flexibility index (Phi) is 5.17. The van der Waals surface area contributed by atoms with Crippen LogP contribution in [0.5, 0.6) is 0 Å². The number of hydrogen-bond acceptors (Lipinski definition) is 3. The molecule has 6 heteroatoms. The molecule has 0 saturated carbocycles. The van der Waals surface area contributed by atoms with E-state index in [-0.39, 0.29) is 12.5 Å². The molecule has 1 saturated heterocycles. The number of carbonyl (C=O) groups is 1. The maximum absolute atomic E-state index is 13.0. The topological polar surface area (TPSA) is 49.4 Å². The predicted octanol–water partition coefficient (Wildman–Crippen LogP) is 2.65. The molecule has 0 aromatic heterocycles. The van der Waals surface area contributed by atoms with E-state index in [1.54, 1.807) is 11.1 Å². The van der Waals surface area contributed by atoms with Crippen LogP contribution in [0.15, 0.2) is 66.9 Å². The van der Waals surface area contributed by atoms with Gasteiger partial charge >= 0.3 is 0 Å². The molecule has 0 unspecified atom stereocenters. The summed E-state index contributed by atoms with van der Waals surface area (Å²) < 4.78 is 13.0. The van der Waals surface area contributed by atoms with Gasteiger partial charge in [0.25, 0.3) is 0 Å². The van der Waals surface area contributed by atoms with Gasteiger partial charge in [0, 0.05) is 6.20 Å². The van der Waals surface area contributed by atoms with E-state index in [0.717, 1.165) is 11.1 Å². The van der Waals surface area contributed by atoms with E-state index < -0.39 is 10.8 Å². The van der Waals surface area contributed by atoms with Gasteiger partial charge in [-0.3, -0.25) is 9.00 Å². The summed E-state index contributed by atoms with van der Waals surface area (Å²) >= 11 is 5.15. The molecule has 1 fully saturated rings. The third-order valence-corrected chi connectivity index (χ3v) is 5.30. The lowest BCUT2D eigenvalue weighted by Crippen LogP contribution is -2.24. The highest BCUT2D eigenvalue weighted by Gasteiger charge is 2.23. The number of benzene rings is 2. The van der Waals surface area contributed by atoms with Crippen molar-refractivity contribution in [2.75, 3.05) is 6.54 Å². The number of thiocarbonyl (C=S) groups is 1. The summed E-state index contributed by atoms with van der Waals surface area (Å²) in [7, 11) is -1.26. The summed E-state index contributed by atoms with van der Waals surface area (Å²) in [5, 5.41) is 2.93. The van der Waals surface area contributed by atoms with Gasteiger partial charge in [0.15, 0.2) is 5.11 Å². The molecule has 1 atom stereocenters. The summed E-state index contributed by atoms with van der Waals surface area (Å²) in [5.41, 5.74) is 1.85. The van der Waals surface area contributed by atoms with E-state index in [0.29, 0.717) is 15.8 Å². The molecule has 2 aromatic carbocycles. The fourth-order valence-electron chi connectivity index (χ4n) is 2.37. The van der Waals surface area contributed by atoms with Crippen LogP contribution in [0.3, 0.4) is 0 Å². The highest BCUT2D eigenvalue weighted by molar-refractivity contribution is 7.93. The van der Waals surface area contributed by atoms with Crippen molar-refractivity contribution in [1.29, 1.82) is 0 Å². The smallest absolute Gasteiger partial charge is 0.246 e. The molecule has 0 bridgehead atoms. The molecule has 1 amide bonds. The van der Waals surface area contributed by atoms with Crippen LogP contribution in [0.25, 0.3) is 4.91 Å². The summed E-state index contributed by atoms with van der Waals surface area (Å²) in [6, 6.07) is 19.2. The normalized spacial score (nSPS) is 16.2. The van der Waals surface area contributed by atoms with Crippen molar-refractivity contribution in [3.63, 3.8) is 0 Å². The fraction of sp³-hybridized carbons (Fsp3) is 0.111. The van der Waals surface area contributed by atoms with E-state index in [2.05, 4.69) is 5.32 Å². The van der Waals surface area contributed by atoms with Crippen LogP contribution in [0.1, 0.15) is 11.1 Å². The second kappa shape index (κ2) is 7.51. The molecule has 1 N–H and O–H groups in total. The van der Waals surface area contributed by atoms with Crippen molar-refractivity contribution in [2.45, 2.75) is 5.75 Å². The second-order valence-corrected chi connectivity index (χ2v) is 7.12. The number of carbonyl (C=O) groups excluding carboxylic acids is 1. The van der Waals surface area contributed by atoms with E-state index in [1.165, 1.54) is 0 Å². The molecule has 24 heavy (non-hydrogen) atoms. The highest BCUT2D eigenvalue weighted by atomic mass is 32.2. The van der Waals surface area contributed by atoms with Gasteiger partial charge < -0.3 is 10.2 Å². The van der Waals surface area contributed by atoms with Gasteiger partial charge in [0.05, 0.1) is 21.5 Å². The third kappa shape index (κ3) is 3.96. The maximum atomic E-state index is 13.0. The molecule has 0 aliphatic carbocycles. The number of nitrogens with zero attached hydrogens (tertiary/aromatic N) is 1. The Labute approximate surface area is 148 Å². The van der Waals surface area contributed by atoms with Crippen LogP contribution in [0.2, 0.25) is 0 Å². The monoisotopic (exact) mass is 356 g/mol. The Balaban J connectivity index is 1.92. The first kappa shape index (κ1) is 16.5. The first-order valence-corrected chi connectivity index (χ1v) is 9.16. The number of hydrogen-bond donors (Lipinski definition) is 1. The average Bonchev–Trinajstić information content (AvgIpc) is 2.91. The van der Waals surface area contributed by atoms with Gasteiger partial charge in [-0.25, -0.2) is 0 Å². The molecule has 3 rings (SSSR count). The molecule has 0 spiro atoms. The van der Waals surface area contributed by atoms with Gasteiger partial charge in [0.2, 0.25) is 5.91 Å². The van der Waals surface area contributed by atoms with Crippen molar-refractivity contribution < 1.29 is 9.00 Å². The van der Waals surface area contributed by atoms with Gasteiger partial charge in [-0.2, -0.15) is 0 Å². The van der Waals surface area contributed by atoms with Crippen LogP contribution in [-0.4, -0.2) is 26.7 Å². The van der Waals surface area contributed by atoms with Crippen molar-refractivity contribution in [3.8, 4) is 0 Å². The van der Waals surface area contributed by atoms with Crippen molar-refractivity contribution in [2.24, 2.45) is 0 Å². The summed E-state index contributed by atoms with van der Waals surface area (Å²) in [4.78, 5) is 13.8. The maximum Gasteiger partial charge on any atom is 0.246 e. The predicted molar refractivity (Wildman–Crippen MR) is 100 cm³/mol. The number of amides is 1. The summed E-state index contributed by atoms with van der Waals surface area (Å²) in [6.45, 7) is 0.150. The lowest BCUT2D eigenvalue weighted by Gasteiger charge is -2.14. The number of nitrogens with one attached hydrogen (secondary N) is 1. The Bertz CT molecular complexity index is 804. The first-order chi connectivity index (χ1) is 11.6. The molecule has 4 nitrogen and oxygen atoms in total. The Morgan fingerprint density at radius 1 is 1.12 bits per heavy atom. The van der Waals surface area contributed by atoms with Crippen LogP contribution in [0.4, 0.5) is 0 Å². The van der Waals surface area contributed by atoms with Crippen LogP contribution in [0, 0.1) is 0 Å². The quantitative estimate of drug-likeness (QED) is 0.837. The minimum atomic E-state index is -1.26. The van der Waals surface area contributed by atoms with Crippen molar-refractivity contribution in [3.05, 3.63) is 78.0 Å². The highest BCUT2D eigenvalue weighted by Crippen LogP contribution is 2.22. The van der Waals surface area contributed by atoms with Gasteiger partial charge in [-0.05, 0) is 23.3 Å². The lowest BCUT2D eigenvalue weighted by atomic mass is 10.2. The largest absolute Gasteiger partial charge is 0.315 e. The zero-order chi connectivity index (χ0) is 16.9. The number of rotatable bonds is 5. The molecule has 122 valence electrons. The van der Waals surface area contributed by atoms with Crippen LogP contribution < -0.4 is 5.32 Å². The molecule has 1 heterocycles. The molecule has 1 aliphatic heterocycles. The van der Waals surface area contributed by atoms with Crippen molar-refractivity contribution >= 4 is 38.9 Å². The van der Waals surface area contributed by atoms with Gasteiger partial charge in [0.1, 0.15) is 6.54 Å². The van der Waals surface area contributed by atoms with Gasteiger partial charge in [-0.15, -0.1) is 0 Å². The SMILES string of the molecule is O=C1CN(/C=C(/c2ccccc2)[S@@](=O)Cc2ccccc2)C(=S)N1. The molecule has 0 radical (unpaired) electrons. The lowest BCUT2D eigenvalue weighted by molar-refractivity contribution is -0.118. The standard InChI is InChI=1S/C18H16N2O2S2/c21-17-12-20(18(23)19-17)11-16(15-9-5-2-6-10-15)24(22)13-14-7-3-1-4-8-14/h1-11H,12-13H2,(H,19,21,23)/b16-11-/t24-/m0/s1. The summed E-state index contributed by atoms with van der Waals surface area (Å²) in [5.74, 6) is 0.251. The van der Waals surface area contributed by atoms with E-state index in [1.807, 2.05) is 60.7 Å². The fourth-order valence-corrected chi connectivity index (χ4v) is 3.90. The van der Waals surface area contributed by atoms with Crippen LogP contribution in [-0.2, 0) is 21.3 Å². The Morgan fingerprint density at radius 2 is 1.75 bits per heavy atom. The van der Waals surface area contributed by atoms with E-state index in [4.69, 9.17) is 12.2 Å². The molecule has 2 aromatic rings. The Hall–Kier alpha value is -2.31. The molecule has 1 aliphatic rings. The van der Waals surface area contributed by atoms with Crippen molar-refractivity contribution in [1.82, 2.24) is 10.2 Å². The van der Waals surface area contributed by atoms with Crippen LogP contribution >= 0.6 is 12.2 Å². The molecular formula is C18H16N2O2S2. The van der Waals surface area contributed by atoms with E-state index >= 15 is 0 Å². The summed E-state index contributed by atoms with van der Waals surface area (Å²) in [6.07, 6.45) is 1.72. The molecular weight excluding hydrogens is 340 g/mol. The second-order valence-electron chi connectivity index (χ2n) is 5.32. The zero-order valence-electron chi connectivity index (χ0n) is 12.8. The minimum absolute atomic E-state index is 0.150. The zero-order valence-corrected chi connectivity index (χ0v) is 14.5.